The number of benzene rings is 2. The highest BCUT2D eigenvalue weighted by molar-refractivity contribution is 5.90. The molecule has 0 N–H and O–H groups in total. The second-order valence-electron chi connectivity index (χ2n) is 7.09. The second-order valence-corrected chi connectivity index (χ2v) is 7.09. The first-order valence-electron chi connectivity index (χ1n) is 8.69. The SMILES string of the molecule is COc1ccc(N(/C=C\[C@H](C)c2ccccc2)C(=O)OC(C)(C)C)cc1. The van der Waals surface area contributed by atoms with E-state index in [-0.39, 0.29) is 5.92 Å². The fourth-order valence-corrected chi connectivity index (χ4v) is 2.39. The van der Waals surface area contributed by atoms with Gasteiger partial charge in [0.1, 0.15) is 11.4 Å². The quantitative estimate of drug-likeness (QED) is 0.686. The fraction of sp³-hybridized carbons (Fsp3) is 0.318. The molecule has 0 heterocycles. The Labute approximate surface area is 156 Å². The molecule has 4 heteroatoms. The summed E-state index contributed by atoms with van der Waals surface area (Å²) in [4.78, 5) is 14.2. The number of allylic oxidation sites excluding steroid dienone is 1. The summed E-state index contributed by atoms with van der Waals surface area (Å²) in [6.45, 7) is 7.65. The van der Waals surface area contributed by atoms with E-state index in [2.05, 4.69) is 19.1 Å². The molecule has 0 spiro atoms. The lowest BCUT2D eigenvalue weighted by molar-refractivity contribution is 0.0596. The highest BCUT2D eigenvalue weighted by Crippen LogP contribution is 2.24. The number of ether oxygens (including phenoxy) is 2. The van der Waals surface area contributed by atoms with Crippen LogP contribution in [0.5, 0.6) is 5.75 Å². The van der Waals surface area contributed by atoms with Crippen molar-refractivity contribution in [3.63, 3.8) is 0 Å². The van der Waals surface area contributed by atoms with E-state index < -0.39 is 11.7 Å². The molecule has 138 valence electrons. The van der Waals surface area contributed by atoms with Gasteiger partial charge in [-0.15, -0.1) is 0 Å². The van der Waals surface area contributed by atoms with Crippen molar-refractivity contribution in [3.05, 3.63) is 72.4 Å². The third-order valence-corrected chi connectivity index (χ3v) is 3.79. The van der Waals surface area contributed by atoms with E-state index in [9.17, 15) is 4.79 Å². The summed E-state index contributed by atoms with van der Waals surface area (Å²) in [6, 6.07) is 17.5. The van der Waals surface area contributed by atoms with Crippen LogP contribution in [0.25, 0.3) is 0 Å². The van der Waals surface area contributed by atoms with Crippen LogP contribution >= 0.6 is 0 Å². The molecule has 2 aromatic carbocycles. The lowest BCUT2D eigenvalue weighted by atomic mass is 10.0. The normalized spacial score (nSPS) is 12.7. The number of methoxy groups -OCH3 is 1. The van der Waals surface area contributed by atoms with Crippen LogP contribution in [0, 0.1) is 0 Å². The van der Waals surface area contributed by atoms with Crippen LogP contribution in [0.15, 0.2) is 66.9 Å². The van der Waals surface area contributed by atoms with E-state index in [1.165, 1.54) is 10.5 Å². The van der Waals surface area contributed by atoms with Crippen LogP contribution in [0.3, 0.4) is 0 Å². The van der Waals surface area contributed by atoms with Gasteiger partial charge in [-0.05, 0) is 50.6 Å². The third-order valence-electron chi connectivity index (χ3n) is 3.79. The summed E-state index contributed by atoms with van der Waals surface area (Å²) < 4.78 is 10.7. The standard InChI is InChI=1S/C22H27NO3/c1-17(18-9-7-6-8-10-18)15-16-23(21(24)26-22(2,3)4)19-11-13-20(25-5)14-12-19/h6-17H,1-5H3/b16-15-/t17-/m0/s1. The van der Waals surface area contributed by atoms with Gasteiger partial charge in [0, 0.05) is 12.1 Å². The van der Waals surface area contributed by atoms with Gasteiger partial charge in [-0.1, -0.05) is 43.3 Å². The summed E-state index contributed by atoms with van der Waals surface area (Å²) in [5.41, 5.74) is 1.33. The van der Waals surface area contributed by atoms with E-state index in [0.29, 0.717) is 0 Å². The Hall–Kier alpha value is -2.75. The van der Waals surface area contributed by atoms with Crippen molar-refractivity contribution >= 4 is 11.8 Å². The number of amides is 1. The Bertz CT molecular complexity index is 730. The van der Waals surface area contributed by atoms with E-state index in [1.807, 2.05) is 69.3 Å². The predicted octanol–water partition coefficient (Wildman–Crippen LogP) is 5.75. The molecule has 0 saturated carbocycles. The van der Waals surface area contributed by atoms with Gasteiger partial charge in [0.15, 0.2) is 0 Å². The average molecular weight is 353 g/mol. The maximum Gasteiger partial charge on any atom is 0.418 e. The van der Waals surface area contributed by atoms with Gasteiger partial charge in [-0.25, -0.2) is 4.79 Å². The van der Waals surface area contributed by atoms with Crippen molar-refractivity contribution in [2.45, 2.75) is 39.2 Å². The van der Waals surface area contributed by atoms with Crippen LogP contribution in [0.4, 0.5) is 10.5 Å². The molecule has 0 radical (unpaired) electrons. The van der Waals surface area contributed by atoms with Gasteiger partial charge in [0.2, 0.25) is 0 Å². The molecule has 2 aromatic rings. The number of nitrogens with zero attached hydrogens (tertiary/aromatic N) is 1. The number of hydrogen-bond donors (Lipinski definition) is 0. The van der Waals surface area contributed by atoms with E-state index in [1.54, 1.807) is 13.3 Å². The molecule has 0 saturated heterocycles. The molecule has 0 aliphatic carbocycles. The summed E-state index contributed by atoms with van der Waals surface area (Å²) in [7, 11) is 1.61. The van der Waals surface area contributed by atoms with Crippen LogP contribution in [-0.2, 0) is 4.74 Å². The van der Waals surface area contributed by atoms with Crippen molar-refractivity contribution in [2.75, 3.05) is 12.0 Å². The molecule has 4 nitrogen and oxygen atoms in total. The zero-order valence-corrected chi connectivity index (χ0v) is 16.1. The molecular formula is C22H27NO3. The maximum atomic E-state index is 12.7. The number of rotatable bonds is 5. The minimum atomic E-state index is -0.569. The Kier molecular flexibility index (Phi) is 6.45. The largest absolute Gasteiger partial charge is 0.497 e. The Morgan fingerprint density at radius 3 is 2.19 bits per heavy atom. The molecule has 0 fully saturated rings. The van der Waals surface area contributed by atoms with Crippen molar-refractivity contribution in [2.24, 2.45) is 0 Å². The second kappa shape index (κ2) is 8.56. The van der Waals surface area contributed by atoms with Crippen molar-refractivity contribution in [1.82, 2.24) is 0 Å². The Morgan fingerprint density at radius 2 is 1.65 bits per heavy atom. The summed E-state index contributed by atoms with van der Waals surface area (Å²) in [6.07, 6.45) is 3.34. The fourth-order valence-electron chi connectivity index (χ4n) is 2.39. The van der Waals surface area contributed by atoms with Gasteiger partial charge in [-0.2, -0.15) is 0 Å². The van der Waals surface area contributed by atoms with Crippen molar-refractivity contribution in [1.29, 1.82) is 0 Å². The number of hydrogen-bond acceptors (Lipinski definition) is 3. The zero-order valence-electron chi connectivity index (χ0n) is 16.1. The molecule has 26 heavy (non-hydrogen) atoms. The van der Waals surface area contributed by atoms with Gasteiger partial charge in [0.05, 0.1) is 12.8 Å². The molecule has 0 aliphatic rings. The first-order valence-corrected chi connectivity index (χ1v) is 8.69. The lowest BCUT2D eigenvalue weighted by Crippen LogP contribution is -2.33. The van der Waals surface area contributed by atoms with Gasteiger partial charge < -0.3 is 9.47 Å². The van der Waals surface area contributed by atoms with Crippen LogP contribution in [-0.4, -0.2) is 18.8 Å². The minimum absolute atomic E-state index is 0.166. The zero-order chi connectivity index (χ0) is 19.2. The van der Waals surface area contributed by atoms with E-state index in [0.717, 1.165) is 11.4 Å². The molecule has 0 aliphatic heterocycles. The number of carbonyl (C=O) groups is 1. The van der Waals surface area contributed by atoms with Gasteiger partial charge >= 0.3 is 6.09 Å². The van der Waals surface area contributed by atoms with E-state index >= 15 is 0 Å². The summed E-state index contributed by atoms with van der Waals surface area (Å²) >= 11 is 0. The highest BCUT2D eigenvalue weighted by Gasteiger charge is 2.22. The molecule has 0 aromatic heterocycles. The van der Waals surface area contributed by atoms with Gasteiger partial charge in [-0.3, -0.25) is 4.90 Å². The molecule has 2 rings (SSSR count). The first-order chi connectivity index (χ1) is 12.3. The molecular weight excluding hydrogens is 326 g/mol. The topological polar surface area (TPSA) is 38.8 Å². The van der Waals surface area contributed by atoms with Crippen LogP contribution in [0.1, 0.15) is 39.2 Å². The highest BCUT2D eigenvalue weighted by atomic mass is 16.6. The molecule has 1 amide bonds. The number of carbonyl (C=O) groups excluding carboxylic acids is 1. The van der Waals surface area contributed by atoms with Gasteiger partial charge in [0.25, 0.3) is 0 Å². The Morgan fingerprint density at radius 1 is 1.04 bits per heavy atom. The third kappa shape index (κ3) is 5.66. The minimum Gasteiger partial charge on any atom is -0.497 e. The van der Waals surface area contributed by atoms with Crippen molar-refractivity contribution < 1.29 is 14.3 Å². The molecule has 0 unspecified atom stereocenters. The lowest BCUT2D eigenvalue weighted by Gasteiger charge is -2.25. The van der Waals surface area contributed by atoms with Crippen LogP contribution < -0.4 is 9.64 Å². The predicted molar refractivity (Wildman–Crippen MR) is 106 cm³/mol. The molecule has 1 atom stereocenters. The first kappa shape index (κ1) is 19.6. The summed E-state index contributed by atoms with van der Waals surface area (Å²) in [5.74, 6) is 0.902. The van der Waals surface area contributed by atoms with E-state index in [4.69, 9.17) is 9.47 Å². The smallest absolute Gasteiger partial charge is 0.418 e. The maximum absolute atomic E-state index is 12.7. The monoisotopic (exact) mass is 353 g/mol. The number of anilines is 1. The van der Waals surface area contributed by atoms with Crippen molar-refractivity contribution in [3.8, 4) is 5.75 Å². The summed E-state index contributed by atoms with van der Waals surface area (Å²) in [5, 5.41) is 0. The molecule has 0 bridgehead atoms. The van der Waals surface area contributed by atoms with Crippen LogP contribution in [0.2, 0.25) is 0 Å². The Balaban J connectivity index is 2.27. The average Bonchev–Trinajstić information content (AvgIpc) is 2.61.